The summed E-state index contributed by atoms with van der Waals surface area (Å²) in [5.74, 6) is 1.19. The molecule has 2 aliphatic rings. The van der Waals surface area contributed by atoms with Crippen molar-refractivity contribution in [2.75, 3.05) is 0 Å². The molecule has 0 heterocycles. The van der Waals surface area contributed by atoms with Gasteiger partial charge in [-0.15, -0.1) is 0 Å². The summed E-state index contributed by atoms with van der Waals surface area (Å²) in [6.45, 7) is 1.91. The molecule has 0 aromatic heterocycles. The first-order valence-electron chi connectivity index (χ1n) is 4.47. The summed E-state index contributed by atoms with van der Waals surface area (Å²) in [4.78, 5) is 0. The molecule has 0 amide bonds. The van der Waals surface area contributed by atoms with Gasteiger partial charge in [0.25, 0.3) is 0 Å². The summed E-state index contributed by atoms with van der Waals surface area (Å²) >= 11 is 0. The summed E-state index contributed by atoms with van der Waals surface area (Å²) in [6, 6.07) is 0. The molecule has 2 saturated carbocycles. The Morgan fingerprint density at radius 3 is 2.09 bits per heavy atom. The van der Waals surface area contributed by atoms with E-state index in [2.05, 4.69) is 0 Å². The predicted octanol–water partition coefficient (Wildman–Crippen LogP) is 0.918. The molecule has 2 heteroatoms. The molecule has 0 saturated heterocycles. The van der Waals surface area contributed by atoms with Crippen molar-refractivity contribution in [1.29, 1.82) is 0 Å². The summed E-state index contributed by atoms with van der Waals surface area (Å²) in [6.07, 6.45) is 3.55. The maximum atomic E-state index is 9.70. The van der Waals surface area contributed by atoms with Gasteiger partial charge in [-0.3, -0.25) is 0 Å². The Hall–Kier alpha value is -0.0800. The van der Waals surface area contributed by atoms with Crippen molar-refractivity contribution in [2.45, 2.75) is 44.3 Å². The van der Waals surface area contributed by atoms with E-state index in [1.807, 2.05) is 6.92 Å². The number of aliphatic hydroxyl groups excluding tert-OH is 1. The van der Waals surface area contributed by atoms with Crippen LogP contribution in [0.1, 0.15) is 32.6 Å². The van der Waals surface area contributed by atoms with Gasteiger partial charge in [-0.05, 0) is 44.4 Å². The molecule has 11 heavy (non-hydrogen) atoms. The monoisotopic (exact) mass is 156 g/mol. The molecular formula is C9H16O2. The molecule has 0 bridgehead atoms. The van der Waals surface area contributed by atoms with Gasteiger partial charge in [0.05, 0.1) is 11.7 Å². The minimum Gasteiger partial charge on any atom is -0.393 e. The molecule has 0 aromatic carbocycles. The highest BCUT2D eigenvalue weighted by Crippen LogP contribution is 2.48. The van der Waals surface area contributed by atoms with Crippen molar-refractivity contribution in [1.82, 2.24) is 0 Å². The summed E-state index contributed by atoms with van der Waals surface area (Å²) in [5.41, 5.74) is -0.435. The third kappa shape index (κ3) is 1.30. The van der Waals surface area contributed by atoms with Gasteiger partial charge < -0.3 is 10.2 Å². The first kappa shape index (κ1) is 7.56. The molecular weight excluding hydrogens is 140 g/mol. The second kappa shape index (κ2) is 2.20. The first-order chi connectivity index (χ1) is 5.07. The fraction of sp³-hybridized carbons (Fsp3) is 1.00. The second-order valence-corrected chi connectivity index (χ2v) is 4.55. The van der Waals surface area contributed by atoms with Gasteiger partial charge in [0.15, 0.2) is 0 Å². The highest BCUT2D eigenvalue weighted by Gasteiger charge is 2.45. The van der Waals surface area contributed by atoms with E-state index in [0.717, 1.165) is 25.7 Å². The van der Waals surface area contributed by atoms with E-state index in [1.54, 1.807) is 0 Å². The number of aliphatic hydroxyl groups is 2. The molecule has 2 aliphatic carbocycles. The molecule has 2 fully saturated rings. The molecule has 0 radical (unpaired) electrons. The molecule has 64 valence electrons. The van der Waals surface area contributed by atoms with E-state index in [-0.39, 0.29) is 6.10 Å². The lowest BCUT2D eigenvalue weighted by Crippen LogP contribution is -2.20. The van der Waals surface area contributed by atoms with E-state index in [0.29, 0.717) is 11.8 Å². The van der Waals surface area contributed by atoms with Crippen molar-refractivity contribution >= 4 is 0 Å². The van der Waals surface area contributed by atoms with Crippen LogP contribution in [0, 0.1) is 11.8 Å². The van der Waals surface area contributed by atoms with Crippen molar-refractivity contribution < 1.29 is 10.2 Å². The average Bonchev–Trinajstić information content (AvgIpc) is 2.17. The van der Waals surface area contributed by atoms with Gasteiger partial charge in [-0.2, -0.15) is 0 Å². The van der Waals surface area contributed by atoms with E-state index in [4.69, 9.17) is 0 Å². The number of hydrogen-bond acceptors (Lipinski definition) is 2. The summed E-state index contributed by atoms with van der Waals surface area (Å²) in [5, 5.41) is 19.0. The fourth-order valence-corrected chi connectivity index (χ4v) is 2.89. The van der Waals surface area contributed by atoms with Crippen LogP contribution in [-0.4, -0.2) is 21.9 Å². The van der Waals surface area contributed by atoms with Crippen molar-refractivity contribution in [3.63, 3.8) is 0 Å². The van der Waals surface area contributed by atoms with E-state index < -0.39 is 5.60 Å². The average molecular weight is 156 g/mol. The summed E-state index contributed by atoms with van der Waals surface area (Å²) < 4.78 is 0. The summed E-state index contributed by atoms with van der Waals surface area (Å²) in [7, 11) is 0. The van der Waals surface area contributed by atoms with Crippen LogP contribution in [0.5, 0.6) is 0 Å². The van der Waals surface area contributed by atoms with E-state index >= 15 is 0 Å². The van der Waals surface area contributed by atoms with Gasteiger partial charge in [0.2, 0.25) is 0 Å². The quantitative estimate of drug-likeness (QED) is 0.547. The predicted molar refractivity (Wildman–Crippen MR) is 42.1 cm³/mol. The lowest BCUT2D eigenvalue weighted by atomic mass is 10.0. The standard InChI is InChI=1S/C9H16O2/c1-9(11)4-6-2-8(10)3-7(6)5-9/h6-8,10-11H,2-5H2,1H3. The van der Waals surface area contributed by atoms with Crippen molar-refractivity contribution in [3.8, 4) is 0 Å². The molecule has 2 unspecified atom stereocenters. The maximum Gasteiger partial charge on any atom is 0.0625 e. The molecule has 2 atom stereocenters. The zero-order valence-electron chi connectivity index (χ0n) is 6.95. The normalized spacial score (nSPS) is 56.5. The SMILES string of the molecule is CC1(O)CC2CC(O)CC2C1. The highest BCUT2D eigenvalue weighted by molar-refractivity contribution is 4.97. The molecule has 0 spiro atoms. The number of hydrogen-bond donors (Lipinski definition) is 2. The largest absolute Gasteiger partial charge is 0.393 e. The molecule has 0 aromatic rings. The van der Waals surface area contributed by atoms with Crippen LogP contribution >= 0.6 is 0 Å². The smallest absolute Gasteiger partial charge is 0.0625 e. The van der Waals surface area contributed by atoms with Crippen LogP contribution in [0.3, 0.4) is 0 Å². The van der Waals surface area contributed by atoms with E-state index in [9.17, 15) is 10.2 Å². The van der Waals surface area contributed by atoms with Crippen LogP contribution < -0.4 is 0 Å². The minimum atomic E-state index is -0.435. The zero-order valence-corrected chi connectivity index (χ0v) is 6.95. The fourth-order valence-electron chi connectivity index (χ4n) is 2.89. The van der Waals surface area contributed by atoms with Gasteiger partial charge in [-0.1, -0.05) is 0 Å². The van der Waals surface area contributed by atoms with Crippen LogP contribution in [0.2, 0.25) is 0 Å². The highest BCUT2D eigenvalue weighted by atomic mass is 16.3. The Morgan fingerprint density at radius 2 is 1.64 bits per heavy atom. The Morgan fingerprint density at radius 1 is 1.18 bits per heavy atom. The number of rotatable bonds is 0. The third-order valence-corrected chi connectivity index (χ3v) is 3.22. The lowest BCUT2D eigenvalue weighted by molar-refractivity contribution is 0.0511. The Labute approximate surface area is 67.2 Å². The van der Waals surface area contributed by atoms with Gasteiger partial charge in [0, 0.05) is 0 Å². The Kier molecular flexibility index (Phi) is 1.52. The number of fused-ring (bicyclic) bond motifs is 1. The van der Waals surface area contributed by atoms with Crippen LogP contribution in [0.25, 0.3) is 0 Å². The molecule has 2 nitrogen and oxygen atoms in total. The topological polar surface area (TPSA) is 40.5 Å². The Balaban J connectivity index is 2.04. The van der Waals surface area contributed by atoms with E-state index in [1.165, 1.54) is 0 Å². The van der Waals surface area contributed by atoms with Crippen molar-refractivity contribution in [2.24, 2.45) is 11.8 Å². The Bertz CT molecular complexity index is 149. The first-order valence-corrected chi connectivity index (χ1v) is 4.47. The van der Waals surface area contributed by atoms with Gasteiger partial charge in [-0.25, -0.2) is 0 Å². The minimum absolute atomic E-state index is 0.0823. The van der Waals surface area contributed by atoms with Crippen LogP contribution in [0.4, 0.5) is 0 Å². The lowest BCUT2D eigenvalue weighted by Gasteiger charge is -2.17. The third-order valence-electron chi connectivity index (χ3n) is 3.22. The van der Waals surface area contributed by atoms with Crippen LogP contribution in [-0.2, 0) is 0 Å². The van der Waals surface area contributed by atoms with Gasteiger partial charge in [0.1, 0.15) is 0 Å². The van der Waals surface area contributed by atoms with Crippen LogP contribution in [0.15, 0.2) is 0 Å². The molecule has 0 aliphatic heterocycles. The molecule has 2 N–H and O–H groups in total. The second-order valence-electron chi connectivity index (χ2n) is 4.55. The zero-order chi connectivity index (χ0) is 8.06. The molecule has 2 rings (SSSR count). The van der Waals surface area contributed by atoms with Gasteiger partial charge >= 0.3 is 0 Å². The van der Waals surface area contributed by atoms with Crippen molar-refractivity contribution in [3.05, 3.63) is 0 Å². The maximum absolute atomic E-state index is 9.70.